The van der Waals surface area contributed by atoms with Gasteiger partial charge in [0, 0.05) is 78.1 Å². The molecular formula is C27H37N7O3. The van der Waals surface area contributed by atoms with Crippen LogP contribution in [0.5, 0.6) is 0 Å². The van der Waals surface area contributed by atoms with E-state index in [1.807, 2.05) is 11.0 Å². The van der Waals surface area contributed by atoms with Gasteiger partial charge in [0.25, 0.3) is 0 Å². The zero-order chi connectivity index (χ0) is 25.8. The number of hydrogen-bond donors (Lipinski definition) is 1. The lowest BCUT2D eigenvalue weighted by atomic mass is 10.1. The molecule has 0 aliphatic carbocycles. The van der Waals surface area contributed by atoms with E-state index in [2.05, 4.69) is 49.4 Å². The van der Waals surface area contributed by atoms with Gasteiger partial charge >= 0.3 is 0 Å². The minimum atomic E-state index is -0.464. The normalized spacial score (nSPS) is 23.9. The third-order valence-corrected chi connectivity index (χ3v) is 7.72. The Hall–Kier alpha value is -3.08. The van der Waals surface area contributed by atoms with Crippen LogP contribution in [0.25, 0.3) is 0 Å². The number of piperidine rings is 1. The summed E-state index contributed by atoms with van der Waals surface area (Å²) in [6.07, 6.45) is 4.99. The first-order valence-electron chi connectivity index (χ1n) is 13.2. The Morgan fingerprint density at radius 1 is 1.05 bits per heavy atom. The Labute approximate surface area is 218 Å². The van der Waals surface area contributed by atoms with Gasteiger partial charge in [-0.3, -0.25) is 19.8 Å². The SMILES string of the molecule is CC(=O)N1CCN(Cc2ccc(N3CCC(OC4NC(c5ccncn5)CC(=O)N4C)CC3)cc2)CC1. The molecule has 3 aliphatic rings. The number of rotatable bonds is 6. The molecule has 0 spiro atoms. The summed E-state index contributed by atoms with van der Waals surface area (Å²) in [5.74, 6) is 0.214. The van der Waals surface area contributed by atoms with Crippen LogP contribution in [0.4, 0.5) is 5.69 Å². The molecule has 0 radical (unpaired) electrons. The lowest BCUT2D eigenvalue weighted by Crippen LogP contribution is -2.56. The summed E-state index contributed by atoms with van der Waals surface area (Å²) in [7, 11) is 1.79. The molecule has 2 amide bonds. The maximum atomic E-state index is 12.6. The Bertz CT molecular complexity index is 1050. The first kappa shape index (κ1) is 25.6. The molecule has 198 valence electrons. The summed E-state index contributed by atoms with van der Waals surface area (Å²) in [6, 6.07) is 10.5. The fourth-order valence-corrected chi connectivity index (χ4v) is 5.34. The molecule has 2 atom stereocenters. The van der Waals surface area contributed by atoms with E-state index in [9.17, 15) is 9.59 Å². The van der Waals surface area contributed by atoms with Crippen LogP contribution in [0.15, 0.2) is 42.9 Å². The molecule has 5 rings (SSSR count). The van der Waals surface area contributed by atoms with Crippen molar-refractivity contribution in [1.29, 1.82) is 0 Å². The molecule has 10 heteroatoms. The second-order valence-electron chi connectivity index (χ2n) is 10.2. The van der Waals surface area contributed by atoms with Gasteiger partial charge in [0.2, 0.25) is 11.8 Å². The van der Waals surface area contributed by atoms with Crippen molar-refractivity contribution < 1.29 is 14.3 Å². The number of hydrogen-bond acceptors (Lipinski definition) is 8. The number of benzene rings is 1. The van der Waals surface area contributed by atoms with Crippen LogP contribution in [0.2, 0.25) is 0 Å². The van der Waals surface area contributed by atoms with E-state index in [1.165, 1.54) is 17.6 Å². The number of carbonyl (C=O) groups excluding carboxylic acids is 2. The Morgan fingerprint density at radius 3 is 2.43 bits per heavy atom. The van der Waals surface area contributed by atoms with Gasteiger partial charge in [0.15, 0.2) is 6.35 Å². The number of anilines is 1. The van der Waals surface area contributed by atoms with E-state index in [0.29, 0.717) is 6.42 Å². The van der Waals surface area contributed by atoms with Gasteiger partial charge in [0.05, 0.1) is 17.8 Å². The Balaban J connectivity index is 1.10. The van der Waals surface area contributed by atoms with Crippen LogP contribution in [-0.2, 0) is 20.9 Å². The number of carbonyl (C=O) groups is 2. The van der Waals surface area contributed by atoms with Crippen LogP contribution in [0.3, 0.4) is 0 Å². The van der Waals surface area contributed by atoms with Crippen LogP contribution in [0, 0.1) is 0 Å². The molecule has 0 saturated carbocycles. The van der Waals surface area contributed by atoms with Gasteiger partial charge in [-0.1, -0.05) is 12.1 Å². The molecule has 37 heavy (non-hydrogen) atoms. The third kappa shape index (κ3) is 6.26. The molecule has 2 unspecified atom stereocenters. The number of piperazine rings is 1. The molecule has 1 aromatic carbocycles. The predicted molar refractivity (Wildman–Crippen MR) is 139 cm³/mol. The van der Waals surface area contributed by atoms with Gasteiger partial charge < -0.3 is 19.4 Å². The highest BCUT2D eigenvalue weighted by Gasteiger charge is 2.35. The Kier molecular flexibility index (Phi) is 7.97. The molecule has 2 aromatic rings. The van der Waals surface area contributed by atoms with Crippen LogP contribution < -0.4 is 10.2 Å². The van der Waals surface area contributed by atoms with Gasteiger partial charge in [-0.15, -0.1) is 0 Å². The summed E-state index contributed by atoms with van der Waals surface area (Å²) in [4.78, 5) is 40.8. The summed E-state index contributed by atoms with van der Waals surface area (Å²) in [5, 5.41) is 3.44. The van der Waals surface area contributed by atoms with E-state index in [0.717, 1.165) is 64.3 Å². The average molecular weight is 508 g/mol. The second kappa shape index (κ2) is 11.5. The largest absolute Gasteiger partial charge is 0.371 e. The van der Waals surface area contributed by atoms with Crippen LogP contribution >= 0.6 is 0 Å². The fourth-order valence-electron chi connectivity index (χ4n) is 5.34. The Morgan fingerprint density at radius 2 is 1.78 bits per heavy atom. The monoisotopic (exact) mass is 507 g/mol. The molecule has 1 N–H and O–H groups in total. The molecule has 10 nitrogen and oxygen atoms in total. The number of ether oxygens (including phenoxy) is 1. The topological polar surface area (TPSA) is 94.1 Å². The standard InChI is InChI=1S/C27H37N7O3/c1-20(35)33-15-13-32(14-16-33)18-21-3-5-22(6-4-21)34-11-8-23(9-12-34)37-27-30-25(17-26(36)31(27)2)24-7-10-28-19-29-24/h3-7,10,19,23,25,27,30H,8-9,11-18H2,1-2H3. The second-order valence-corrected chi connectivity index (χ2v) is 10.2. The van der Waals surface area contributed by atoms with Gasteiger partial charge in [-0.05, 0) is 36.6 Å². The molecule has 0 bridgehead atoms. The quantitative estimate of drug-likeness (QED) is 0.630. The van der Waals surface area contributed by atoms with E-state index < -0.39 is 6.35 Å². The van der Waals surface area contributed by atoms with Crippen molar-refractivity contribution in [3.63, 3.8) is 0 Å². The van der Waals surface area contributed by atoms with Crippen molar-refractivity contribution >= 4 is 17.5 Å². The summed E-state index contributed by atoms with van der Waals surface area (Å²) < 4.78 is 6.37. The van der Waals surface area contributed by atoms with Crippen molar-refractivity contribution in [2.75, 3.05) is 51.2 Å². The number of aromatic nitrogens is 2. The van der Waals surface area contributed by atoms with Crippen molar-refractivity contribution in [3.05, 3.63) is 54.1 Å². The number of amides is 2. The lowest BCUT2D eigenvalue weighted by molar-refractivity contribution is -0.167. The lowest BCUT2D eigenvalue weighted by Gasteiger charge is -2.41. The highest BCUT2D eigenvalue weighted by molar-refractivity contribution is 5.77. The van der Waals surface area contributed by atoms with E-state index in [1.54, 1.807) is 25.1 Å². The highest BCUT2D eigenvalue weighted by Crippen LogP contribution is 2.26. The maximum absolute atomic E-state index is 12.6. The summed E-state index contributed by atoms with van der Waals surface area (Å²) in [5.41, 5.74) is 3.34. The summed E-state index contributed by atoms with van der Waals surface area (Å²) >= 11 is 0. The molecule has 3 saturated heterocycles. The minimum absolute atomic E-state index is 0.0469. The van der Waals surface area contributed by atoms with Gasteiger partial charge in [0.1, 0.15) is 6.33 Å². The van der Waals surface area contributed by atoms with Crippen molar-refractivity contribution in [3.8, 4) is 0 Å². The fraction of sp³-hybridized carbons (Fsp3) is 0.556. The molecule has 3 aliphatic heterocycles. The smallest absolute Gasteiger partial charge is 0.227 e. The minimum Gasteiger partial charge on any atom is -0.371 e. The maximum Gasteiger partial charge on any atom is 0.227 e. The van der Waals surface area contributed by atoms with Gasteiger partial charge in [-0.2, -0.15) is 0 Å². The van der Waals surface area contributed by atoms with Gasteiger partial charge in [-0.25, -0.2) is 9.97 Å². The number of nitrogens with one attached hydrogen (secondary N) is 1. The molecule has 3 fully saturated rings. The van der Waals surface area contributed by atoms with Crippen molar-refractivity contribution in [2.45, 2.75) is 51.2 Å². The van der Waals surface area contributed by atoms with E-state index in [4.69, 9.17) is 4.74 Å². The van der Waals surface area contributed by atoms with Crippen LogP contribution in [-0.4, -0.2) is 95.3 Å². The first-order valence-corrected chi connectivity index (χ1v) is 13.2. The molecular weight excluding hydrogens is 470 g/mol. The molecule has 1 aromatic heterocycles. The van der Waals surface area contributed by atoms with Crippen molar-refractivity contribution in [2.24, 2.45) is 0 Å². The summed E-state index contributed by atoms with van der Waals surface area (Å²) in [6.45, 7) is 7.85. The number of nitrogens with zero attached hydrogens (tertiary/aromatic N) is 6. The van der Waals surface area contributed by atoms with E-state index >= 15 is 0 Å². The van der Waals surface area contributed by atoms with Crippen LogP contribution in [0.1, 0.15) is 43.5 Å². The first-order chi connectivity index (χ1) is 18.0. The molecule has 4 heterocycles. The van der Waals surface area contributed by atoms with Crippen molar-refractivity contribution in [1.82, 2.24) is 30.0 Å². The zero-order valence-electron chi connectivity index (χ0n) is 21.8. The third-order valence-electron chi connectivity index (χ3n) is 7.72. The van der Waals surface area contributed by atoms with E-state index in [-0.39, 0.29) is 24.0 Å². The highest BCUT2D eigenvalue weighted by atomic mass is 16.5. The predicted octanol–water partition coefficient (Wildman–Crippen LogP) is 1.60. The zero-order valence-corrected chi connectivity index (χ0v) is 21.8. The average Bonchev–Trinajstić information content (AvgIpc) is 2.93.